The number of nitrogens with one attached hydrogen (secondary N) is 1. The van der Waals surface area contributed by atoms with Crippen LogP contribution in [0.3, 0.4) is 0 Å². The van der Waals surface area contributed by atoms with E-state index in [9.17, 15) is 14.7 Å². The number of phenols is 1. The molecule has 0 unspecified atom stereocenters. The second-order valence-electron chi connectivity index (χ2n) is 7.97. The standard InChI is InChI=1S/C23H28N4O3/c28-21-8-6-20(7-9-21)25-14-16-26(17-15-25)22(29)18-24-10-12-27(13-11-24)23(30)19-4-2-1-3-5-19/h1-9,28H,10-18H2/p+1. The molecule has 0 aliphatic carbocycles. The van der Waals surface area contributed by atoms with Gasteiger partial charge in [-0.15, -0.1) is 0 Å². The van der Waals surface area contributed by atoms with Crippen molar-refractivity contribution in [2.75, 3.05) is 63.8 Å². The summed E-state index contributed by atoms with van der Waals surface area (Å²) in [6.45, 7) is 6.49. The minimum absolute atomic E-state index is 0.0753. The number of rotatable bonds is 4. The predicted molar refractivity (Wildman–Crippen MR) is 115 cm³/mol. The highest BCUT2D eigenvalue weighted by Crippen LogP contribution is 2.19. The number of hydrogen-bond acceptors (Lipinski definition) is 4. The van der Waals surface area contributed by atoms with Crippen molar-refractivity contribution in [1.29, 1.82) is 0 Å². The Morgan fingerprint density at radius 3 is 2.07 bits per heavy atom. The minimum atomic E-state index is 0.0753. The van der Waals surface area contributed by atoms with Gasteiger partial charge in [0.15, 0.2) is 6.54 Å². The SMILES string of the molecule is O=C(C[NH+]1CCN(C(=O)c2ccccc2)CC1)N1CCN(c2ccc(O)cc2)CC1. The zero-order chi connectivity index (χ0) is 20.9. The third-order valence-electron chi connectivity index (χ3n) is 6.03. The topological polar surface area (TPSA) is 68.5 Å². The molecule has 7 nitrogen and oxygen atoms in total. The molecule has 4 rings (SSSR count). The van der Waals surface area contributed by atoms with E-state index in [2.05, 4.69) is 4.90 Å². The molecule has 2 aliphatic heterocycles. The molecule has 2 fully saturated rings. The lowest BCUT2D eigenvalue weighted by Crippen LogP contribution is -3.15. The van der Waals surface area contributed by atoms with Crippen LogP contribution in [0.2, 0.25) is 0 Å². The summed E-state index contributed by atoms with van der Waals surface area (Å²) in [4.78, 5) is 32.7. The van der Waals surface area contributed by atoms with Gasteiger partial charge in [0, 0.05) is 37.4 Å². The maximum absolute atomic E-state index is 12.8. The van der Waals surface area contributed by atoms with Crippen molar-refractivity contribution in [3.05, 3.63) is 60.2 Å². The van der Waals surface area contributed by atoms with Crippen LogP contribution in [0.1, 0.15) is 10.4 Å². The number of anilines is 1. The lowest BCUT2D eigenvalue weighted by atomic mass is 10.2. The van der Waals surface area contributed by atoms with Crippen LogP contribution in [0.15, 0.2) is 54.6 Å². The number of quaternary nitrogens is 1. The van der Waals surface area contributed by atoms with Gasteiger partial charge in [0.05, 0.1) is 26.2 Å². The summed E-state index contributed by atoms with van der Waals surface area (Å²) in [5.41, 5.74) is 1.80. The Morgan fingerprint density at radius 1 is 0.800 bits per heavy atom. The molecule has 0 bridgehead atoms. The maximum atomic E-state index is 12.8. The first kappa shape index (κ1) is 20.2. The van der Waals surface area contributed by atoms with Gasteiger partial charge in [0.1, 0.15) is 5.75 Å². The largest absolute Gasteiger partial charge is 0.508 e. The Hall–Kier alpha value is -3.06. The van der Waals surface area contributed by atoms with Crippen LogP contribution in [0.25, 0.3) is 0 Å². The third-order valence-corrected chi connectivity index (χ3v) is 6.03. The van der Waals surface area contributed by atoms with Crippen LogP contribution < -0.4 is 9.80 Å². The normalized spacial score (nSPS) is 17.8. The smallest absolute Gasteiger partial charge is 0.277 e. The van der Waals surface area contributed by atoms with E-state index < -0.39 is 0 Å². The number of amides is 2. The molecule has 7 heteroatoms. The molecule has 2 heterocycles. The molecule has 2 aromatic carbocycles. The predicted octanol–water partition coefficient (Wildman–Crippen LogP) is 0.0817. The monoisotopic (exact) mass is 409 g/mol. The molecule has 0 aromatic heterocycles. The van der Waals surface area contributed by atoms with E-state index in [0.29, 0.717) is 32.7 Å². The molecule has 2 saturated heterocycles. The van der Waals surface area contributed by atoms with E-state index in [4.69, 9.17) is 0 Å². The number of piperazine rings is 2. The number of carbonyl (C=O) groups excluding carboxylic acids is 2. The van der Waals surface area contributed by atoms with Gasteiger partial charge in [-0.1, -0.05) is 18.2 Å². The van der Waals surface area contributed by atoms with Crippen molar-refractivity contribution in [3.8, 4) is 5.75 Å². The van der Waals surface area contributed by atoms with Crippen LogP contribution in [0, 0.1) is 0 Å². The number of aromatic hydroxyl groups is 1. The first-order chi connectivity index (χ1) is 14.6. The number of phenolic OH excluding ortho intramolecular Hbond substituents is 1. The molecule has 2 aliphatic rings. The molecule has 0 radical (unpaired) electrons. The zero-order valence-electron chi connectivity index (χ0n) is 17.2. The van der Waals surface area contributed by atoms with Crippen LogP contribution in [0.4, 0.5) is 5.69 Å². The molecular formula is C23H29N4O3+. The van der Waals surface area contributed by atoms with Gasteiger partial charge >= 0.3 is 0 Å². The zero-order valence-corrected chi connectivity index (χ0v) is 17.2. The molecule has 30 heavy (non-hydrogen) atoms. The van der Waals surface area contributed by atoms with Crippen molar-refractivity contribution in [1.82, 2.24) is 9.80 Å². The lowest BCUT2D eigenvalue weighted by Gasteiger charge is -2.37. The quantitative estimate of drug-likeness (QED) is 0.751. The molecule has 2 amide bonds. The summed E-state index contributed by atoms with van der Waals surface area (Å²) in [5, 5.41) is 9.43. The van der Waals surface area contributed by atoms with Crippen LogP contribution in [0.5, 0.6) is 5.75 Å². The third kappa shape index (κ3) is 4.74. The molecule has 2 aromatic rings. The first-order valence-corrected chi connectivity index (χ1v) is 10.6. The number of hydrogen-bond donors (Lipinski definition) is 2. The van der Waals surface area contributed by atoms with Gasteiger partial charge in [0.25, 0.3) is 11.8 Å². The fourth-order valence-electron chi connectivity index (χ4n) is 4.17. The Balaban J connectivity index is 1.22. The van der Waals surface area contributed by atoms with Crippen molar-refractivity contribution in [3.63, 3.8) is 0 Å². The van der Waals surface area contributed by atoms with Crippen LogP contribution in [-0.2, 0) is 4.79 Å². The van der Waals surface area contributed by atoms with Gasteiger partial charge in [-0.05, 0) is 36.4 Å². The van der Waals surface area contributed by atoms with E-state index in [-0.39, 0.29) is 17.6 Å². The molecule has 0 saturated carbocycles. The van der Waals surface area contributed by atoms with Crippen molar-refractivity contribution in [2.45, 2.75) is 0 Å². The fourth-order valence-corrected chi connectivity index (χ4v) is 4.17. The number of carbonyl (C=O) groups is 2. The van der Waals surface area contributed by atoms with Gasteiger partial charge in [-0.25, -0.2) is 0 Å². The second kappa shape index (κ2) is 9.17. The highest BCUT2D eigenvalue weighted by Gasteiger charge is 2.28. The van der Waals surface area contributed by atoms with E-state index in [0.717, 1.165) is 37.4 Å². The van der Waals surface area contributed by atoms with E-state index in [1.807, 2.05) is 52.3 Å². The number of benzene rings is 2. The Morgan fingerprint density at radius 2 is 1.43 bits per heavy atom. The summed E-state index contributed by atoms with van der Waals surface area (Å²) in [6, 6.07) is 16.6. The highest BCUT2D eigenvalue weighted by molar-refractivity contribution is 5.94. The van der Waals surface area contributed by atoms with Gasteiger partial charge in [-0.3, -0.25) is 9.59 Å². The number of nitrogens with zero attached hydrogens (tertiary/aromatic N) is 3. The molecule has 0 spiro atoms. The van der Waals surface area contributed by atoms with E-state index in [1.165, 1.54) is 4.90 Å². The molecule has 0 atom stereocenters. The fraction of sp³-hybridized carbons (Fsp3) is 0.391. The van der Waals surface area contributed by atoms with Crippen LogP contribution in [-0.4, -0.2) is 85.6 Å². The van der Waals surface area contributed by atoms with Gasteiger partial charge < -0.3 is 24.7 Å². The molecule has 2 N–H and O–H groups in total. The summed E-state index contributed by atoms with van der Waals surface area (Å²) in [7, 11) is 0. The summed E-state index contributed by atoms with van der Waals surface area (Å²) >= 11 is 0. The summed E-state index contributed by atoms with van der Waals surface area (Å²) in [5.74, 6) is 0.533. The Bertz CT molecular complexity index is 856. The Labute approximate surface area is 177 Å². The average molecular weight is 410 g/mol. The van der Waals surface area contributed by atoms with Crippen LogP contribution >= 0.6 is 0 Å². The van der Waals surface area contributed by atoms with Gasteiger partial charge in [-0.2, -0.15) is 0 Å². The van der Waals surface area contributed by atoms with Crippen molar-refractivity contribution < 1.29 is 19.6 Å². The lowest BCUT2D eigenvalue weighted by molar-refractivity contribution is -0.896. The van der Waals surface area contributed by atoms with Gasteiger partial charge in [0.2, 0.25) is 0 Å². The van der Waals surface area contributed by atoms with Crippen molar-refractivity contribution >= 4 is 17.5 Å². The van der Waals surface area contributed by atoms with E-state index in [1.54, 1.807) is 12.1 Å². The second-order valence-corrected chi connectivity index (χ2v) is 7.97. The Kier molecular flexibility index (Phi) is 6.18. The summed E-state index contributed by atoms with van der Waals surface area (Å²) < 4.78 is 0. The van der Waals surface area contributed by atoms with E-state index >= 15 is 0 Å². The first-order valence-electron chi connectivity index (χ1n) is 10.6. The molecule has 158 valence electrons. The molecular weight excluding hydrogens is 380 g/mol. The average Bonchev–Trinajstić information content (AvgIpc) is 2.80. The highest BCUT2D eigenvalue weighted by atomic mass is 16.3. The summed E-state index contributed by atoms with van der Waals surface area (Å²) in [6.07, 6.45) is 0. The minimum Gasteiger partial charge on any atom is -0.508 e. The van der Waals surface area contributed by atoms with Crippen molar-refractivity contribution in [2.24, 2.45) is 0 Å². The maximum Gasteiger partial charge on any atom is 0.277 e.